The summed E-state index contributed by atoms with van der Waals surface area (Å²) >= 11 is 6.06. The number of halogens is 1. The molecule has 0 fully saturated rings. The maximum atomic E-state index is 12.1. The second-order valence-electron chi connectivity index (χ2n) is 5.54. The molecule has 0 aliphatic carbocycles. The van der Waals surface area contributed by atoms with Crippen LogP contribution in [0, 0.1) is 0 Å². The quantitative estimate of drug-likeness (QED) is 0.193. The fraction of sp³-hybridized carbons (Fsp3) is 0.474. The first kappa shape index (κ1) is 19.4. The number of esters is 1. The van der Waals surface area contributed by atoms with Crippen molar-refractivity contribution in [2.24, 2.45) is 0 Å². The lowest BCUT2D eigenvalue weighted by molar-refractivity contribution is -0.140. The molecule has 0 radical (unpaired) electrons. The molecule has 0 amide bonds. The van der Waals surface area contributed by atoms with Gasteiger partial charge in [0.1, 0.15) is 5.57 Å². The lowest BCUT2D eigenvalue weighted by atomic mass is 10.1. The van der Waals surface area contributed by atoms with E-state index in [1.54, 1.807) is 24.3 Å². The van der Waals surface area contributed by atoms with Gasteiger partial charge in [0.05, 0.1) is 6.61 Å². The second-order valence-corrected chi connectivity index (χ2v) is 5.95. The number of hydrogen-bond acceptors (Lipinski definition) is 3. The molecule has 1 aromatic carbocycles. The van der Waals surface area contributed by atoms with Gasteiger partial charge in [-0.1, -0.05) is 68.8 Å². The number of hydrogen-bond donors (Lipinski definition) is 0. The van der Waals surface area contributed by atoms with Crippen LogP contribution in [0.25, 0.3) is 6.08 Å². The lowest BCUT2D eigenvalue weighted by Gasteiger charge is -2.07. The molecule has 4 heteroatoms. The molecule has 0 bridgehead atoms. The van der Waals surface area contributed by atoms with E-state index in [9.17, 15) is 9.59 Å². The van der Waals surface area contributed by atoms with Crippen molar-refractivity contribution in [2.45, 2.75) is 52.4 Å². The minimum Gasteiger partial charge on any atom is -0.462 e. The van der Waals surface area contributed by atoms with Crippen molar-refractivity contribution in [1.82, 2.24) is 0 Å². The van der Waals surface area contributed by atoms with Crippen LogP contribution in [0.1, 0.15) is 57.9 Å². The van der Waals surface area contributed by atoms with Gasteiger partial charge in [-0.05, 0) is 31.1 Å². The molecule has 0 aromatic heterocycles. The molecule has 0 N–H and O–H groups in total. The maximum absolute atomic E-state index is 12.1. The molecule has 0 spiro atoms. The van der Waals surface area contributed by atoms with E-state index in [2.05, 4.69) is 6.92 Å². The molecule has 23 heavy (non-hydrogen) atoms. The summed E-state index contributed by atoms with van der Waals surface area (Å²) in [5, 5.41) is 0.495. The monoisotopic (exact) mass is 336 g/mol. The van der Waals surface area contributed by atoms with E-state index in [1.807, 2.05) is 0 Å². The number of carbonyl (C=O) groups excluding carboxylic acids is 2. The molecule has 0 saturated heterocycles. The van der Waals surface area contributed by atoms with Gasteiger partial charge in [0.15, 0.2) is 5.78 Å². The van der Waals surface area contributed by atoms with Crippen molar-refractivity contribution >= 4 is 29.4 Å². The van der Waals surface area contributed by atoms with Crippen molar-refractivity contribution in [3.05, 3.63) is 40.4 Å². The molecular weight excluding hydrogens is 312 g/mol. The molecule has 3 nitrogen and oxygen atoms in total. The van der Waals surface area contributed by atoms with Gasteiger partial charge in [0.25, 0.3) is 0 Å². The van der Waals surface area contributed by atoms with Crippen LogP contribution >= 0.6 is 11.6 Å². The number of unbranched alkanes of at least 4 members (excludes halogenated alkanes) is 5. The molecule has 0 aliphatic heterocycles. The van der Waals surface area contributed by atoms with E-state index in [0.717, 1.165) is 19.3 Å². The Balaban J connectivity index is 2.53. The lowest BCUT2D eigenvalue weighted by Crippen LogP contribution is -2.14. The van der Waals surface area contributed by atoms with Crippen molar-refractivity contribution in [2.75, 3.05) is 6.61 Å². The Hall–Kier alpha value is -1.61. The summed E-state index contributed by atoms with van der Waals surface area (Å²) in [6.07, 6.45) is 8.19. The van der Waals surface area contributed by atoms with Crippen molar-refractivity contribution in [1.29, 1.82) is 0 Å². The highest BCUT2D eigenvalue weighted by molar-refractivity contribution is 6.32. The third kappa shape index (κ3) is 7.47. The van der Waals surface area contributed by atoms with Crippen molar-refractivity contribution < 1.29 is 14.3 Å². The predicted molar refractivity (Wildman–Crippen MR) is 94.4 cm³/mol. The zero-order chi connectivity index (χ0) is 17.1. The molecule has 126 valence electrons. The Kier molecular flexibility index (Phi) is 9.30. The van der Waals surface area contributed by atoms with E-state index < -0.39 is 5.97 Å². The standard InChI is InChI=1S/C19H25ClO3/c1-3-4-5-6-7-10-13-23-19(22)17(15(2)21)14-16-11-8-9-12-18(16)20/h8-9,11-12,14H,3-7,10,13H2,1-2H3. The van der Waals surface area contributed by atoms with Crippen LogP contribution in [0.2, 0.25) is 5.02 Å². The molecule has 0 aliphatic rings. The summed E-state index contributed by atoms with van der Waals surface area (Å²) in [4.78, 5) is 23.8. The summed E-state index contributed by atoms with van der Waals surface area (Å²) in [6, 6.07) is 7.07. The highest BCUT2D eigenvalue weighted by Gasteiger charge is 2.16. The van der Waals surface area contributed by atoms with Gasteiger partial charge in [0.2, 0.25) is 0 Å². The van der Waals surface area contributed by atoms with Gasteiger partial charge < -0.3 is 4.74 Å². The minimum absolute atomic E-state index is 0.0316. The number of ether oxygens (including phenoxy) is 1. The molecule has 1 aromatic rings. The first-order valence-electron chi connectivity index (χ1n) is 8.20. The van der Waals surface area contributed by atoms with E-state index in [-0.39, 0.29) is 11.4 Å². The smallest absolute Gasteiger partial charge is 0.341 e. The van der Waals surface area contributed by atoms with E-state index in [4.69, 9.17) is 16.3 Å². The van der Waals surface area contributed by atoms with Crippen LogP contribution in [0.5, 0.6) is 0 Å². The number of rotatable bonds is 10. The van der Waals surface area contributed by atoms with Gasteiger partial charge >= 0.3 is 5.97 Å². The number of benzene rings is 1. The Morgan fingerprint density at radius 1 is 1.09 bits per heavy atom. The highest BCUT2D eigenvalue weighted by Crippen LogP contribution is 2.19. The average Bonchev–Trinajstić information content (AvgIpc) is 2.52. The van der Waals surface area contributed by atoms with Crippen molar-refractivity contribution in [3.63, 3.8) is 0 Å². The fourth-order valence-electron chi connectivity index (χ4n) is 2.18. The molecule has 0 heterocycles. The molecule has 0 unspecified atom stereocenters. The van der Waals surface area contributed by atoms with Crippen LogP contribution in [-0.4, -0.2) is 18.4 Å². The first-order valence-corrected chi connectivity index (χ1v) is 8.58. The summed E-state index contributed by atoms with van der Waals surface area (Å²) in [6.45, 7) is 3.88. The van der Waals surface area contributed by atoms with Gasteiger partial charge in [-0.15, -0.1) is 0 Å². The Bertz CT molecular complexity index is 549. The number of ketones is 1. The molecule has 0 saturated carbocycles. The number of carbonyl (C=O) groups is 2. The highest BCUT2D eigenvalue weighted by atomic mass is 35.5. The fourth-order valence-corrected chi connectivity index (χ4v) is 2.37. The minimum atomic E-state index is -0.578. The maximum Gasteiger partial charge on any atom is 0.341 e. The predicted octanol–water partition coefficient (Wildman–Crippen LogP) is 5.22. The third-order valence-electron chi connectivity index (χ3n) is 3.54. The SMILES string of the molecule is CCCCCCCCOC(=O)C(=Cc1ccccc1Cl)C(C)=O. The van der Waals surface area contributed by atoms with E-state index in [0.29, 0.717) is 17.2 Å². The van der Waals surface area contributed by atoms with Crippen LogP contribution in [-0.2, 0) is 14.3 Å². The van der Waals surface area contributed by atoms with Crippen LogP contribution < -0.4 is 0 Å². The van der Waals surface area contributed by atoms with Gasteiger partial charge in [-0.3, -0.25) is 4.79 Å². The van der Waals surface area contributed by atoms with Gasteiger partial charge in [-0.2, -0.15) is 0 Å². The Morgan fingerprint density at radius 2 is 1.74 bits per heavy atom. The van der Waals surface area contributed by atoms with Crippen LogP contribution in [0.4, 0.5) is 0 Å². The van der Waals surface area contributed by atoms with Crippen molar-refractivity contribution in [3.8, 4) is 0 Å². The topological polar surface area (TPSA) is 43.4 Å². The summed E-state index contributed by atoms with van der Waals surface area (Å²) in [5.74, 6) is -0.899. The molecule has 1 rings (SSSR count). The van der Waals surface area contributed by atoms with Crippen LogP contribution in [0.15, 0.2) is 29.8 Å². The van der Waals surface area contributed by atoms with E-state index >= 15 is 0 Å². The Labute approximate surface area is 143 Å². The normalized spacial score (nSPS) is 11.3. The summed E-state index contributed by atoms with van der Waals surface area (Å²) in [5.41, 5.74) is 0.667. The van der Waals surface area contributed by atoms with Crippen LogP contribution in [0.3, 0.4) is 0 Å². The third-order valence-corrected chi connectivity index (χ3v) is 3.88. The zero-order valence-electron chi connectivity index (χ0n) is 13.9. The number of Topliss-reactive ketones (excluding diaryl/α,β-unsaturated/α-hetero) is 1. The van der Waals surface area contributed by atoms with E-state index in [1.165, 1.54) is 32.3 Å². The first-order chi connectivity index (χ1) is 11.1. The summed E-state index contributed by atoms with van der Waals surface area (Å²) < 4.78 is 5.21. The largest absolute Gasteiger partial charge is 0.462 e. The molecular formula is C19H25ClO3. The van der Waals surface area contributed by atoms with Gasteiger partial charge in [-0.25, -0.2) is 4.79 Å². The second kappa shape index (κ2) is 11.0. The Morgan fingerprint density at radius 3 is 2.39 bits per heavy atom. The molecule has 0 atom stereocenters. The average molecular weight is 337 g/mol. The van der Waals surface area contributed by atoms with Gasteiger partial charge in [0, 0.05) is 5.02 Å². The summed E-state index contributed by atoms with van der Waals surface area (Å²) in [7, 11) is 0. The zero-order valence-corrected chi connectivity index (χ0v) is 14.7.